The highest BCUT2D eigenvalue weighted by Crippen LogP contribution is 2.43. The van der Waals surface area contributed by atoms with Crippen molar-refractivity contribution in [1.82, 2.24) is 5.32 Å². The first-order chi connectivity index (χ1) is 43.5. The summed E-state index contributed by atoms with van der Waals surface area (Å²) in [5, 5.41) is 14.2. The summed E-state index contributed by atoms with van der Waals surface area (Å²) in [5.41, 5.74) is 0. The normalized spacial score (nSPS) is 14.0. The van der Waals surface area contributed by atoms with E-state index in [9.17, 15) is 19.4 Å². The highest BCUT2D eigenvalue weighted by Gasteiger charge is 2.28. The Labute approximate surface area is 554 Å². The topological polar surface area (TPSA) is 105 Å². The number of allylic oxidation sites excluding steroid dienone is 14. The Hall–Kier alpha value is -2.32. The predicted molar refractivity (Wildman–Crippen MR) is 392 cm³/mol. The first kappa shape index (κ1) is 86.7. The second-order valence-corrected chi connectivity index (χ2v) is 28.8. The maximum absolute atomic E-state index is 13.1. The Morgan fingerprint density at radius 3 is 0.989 bits per heavy atom. The molecule has 3 unspecified atom stereocenters. The first-order valence-electron chi connectivity index (χ1n) is 38.5. The number of aliphatic hydroxyl groups excluding tert-OH is 1. The number of carbonyl (C=O) groups excluding carboxylic acids is 1. The highest BCUT2D eigenvalue weighted by atomic mass is 31.2. The van der Waals surface area contributed by atoms with Crippen LogP contribution in [0.1, 0.15) is 367 Å². The minimum absolute atomic E-state index is 0.0736. The summed E-state index contributed by atoms with van der Waals surface area (Å²) in [6.07, 6.45) is 99.9. The summed E-state index contributed by atoms with van der Waals surface area (Å²) in [6, 6.07) is -0.766. The number of hydrogen-bond acceptors (Lipinski definition) is 5. The van der Waals surface area contributed by atoms with Crippen molar-refractivity contribution < 1.29 is 32.9 Å². The van der Waals surface area contributed by atoms with Crippen molar-refractivity contribution in [1.29, 1.82) is 0 Å². The van der Waals surface area contributed by atoms with E-state index in [1.165, 1.54) is 257 Å². The molecule has 1 amide bonds. The van der Waals surface area contributed by atoms with Gasteiger partial charge in [0.25, 0.3) is 0 Å². The van der Waals surface area contributed by atoms with E-state index in [0.29, 0.717) is 23.9 Å². The van der Waals surface area contributed by atoms with Crippen LogP contribution in [-0.2, 0) is 18.4 Å². The predicted octanol–water partition coefficient (Wildman–Crippen LogP) is 25.1. The zero-order valence-corrected chi connectivity index (χ0v) is 60.6. The summed E-state index contributed by atoms with van der Waals surface area (Å²) in [4.78, 5) is 23.5. The molecule has 0 fully saturated rings. The molecule has 0 radical (unpaired) electrons. The molecule has 3 atom stereocenters. The van der Waals surface area contributed by atoms with Crippen LogP contribution in [0.2, 0.25) is 0 Å². The molecule has 0 aromatic rings. The van der Waals surface area contributed by atoms with Crippen molar-refractivity contribution in [3.05, 3.63) is 85.1 Å². The maximum Gasteiger partial charge on any atom is 0.472 e. The van der Waals surface area contributed by atoms with Crippen molar-refractivity contribution in [3.8, 4) is 0 Å². The van der Waals surface area contributed by atoms with Crippen LogP contribution >= 0.6 is 7.82 Å². The Morgan fingerprint density at radius 2 is 0.674 bits per heavy atom. The number of likely N-dealkylation sites (N-methyl/N-ethyl adjacent to an activating group) is 1. The molecule has 0 saturated heterocycles. The zero-order valence-electron chi connectivity index (χ0n) is 59.7. The molecular weight excluding hydrogens is 1120 g/mol. The molecule has 520 valence electrons. The van der Waals surface area contributed by atoms with E-state index in [-0.39, 0.29) is 19.1 Å². The molecule has 0 heterocycles. The van der Waals surface area contributed by atoms with Gasteiger partial charge >= 0.3 is 7.82 Å². The monoisotopic (exact) mass is 1270 g/mol. The number of phosphoric ester groups is 1. The number of phosphoric acid groups is 1. The molecule has 0 aliphatic heterocycles. The van der Waals surface area contributed by atoms with Crippen molar-refractivity contribution in [2.45, 2.75) is 379 Å². The summed E-state index contributed by atoms with van der Waals surface area (Å²) < 4.78 is 23.9. The standard InChI is InChI=1S/C80H149N2O6P/c1-6-8-10-12-14-16-18-20-22-24-26-28-30-32-34-36-38-39-40-41-42-43-44-46-48-50-52-54-56-58-60-62-64-66-68-70-72-74-80(84)81-78(77-88-89(85,86)87-76-75-82(3,4)5)79(83)73-71-69-67-65-63-61-59-57-55-53-51-49-47-45-37-35-33-31-29-27-25-23-21-19-17-15-13-11-9-7-2/h8,10,14,16,20,22,26,28,32,34,38-39,41-42,78-79,83H,6-7,9,11-13,15,17-19,21,23-25,27,29-31,33,35-37,40,43-77H2,1-5H3,(H-,81,84,85,86)/p+1/b10-8-,16-14-,22-20-,28-26-,34-32-,39-38-,42-41-. The van der Waals surface area contributed by atoms with Gasteiger partial charge in [-0.05, 0) is 70.6 Å². The van der Waals surface area contributed by atoms with Gasteiger partial charge < -0.3 is 19.8 Å². The second kappa shape index (κ2) is 70.0. The van der Waals surface area contributed by atoms with Crippen LogP contribution in [0, 0.1) is 0 Å². The average Bonchev–Trinajstić information content (AvgIpc) is 3.57. The number of nitrogens with one attached hydrogen (secondary N) is 1. The Morgan fingerprint density at radius 1 is 0.393 bits per heavy atom. The molecule has 0 spiro atoms. The van der Waals surface area contributed by atoms with Crippen molar-refractivity contribution in [3.63, 3.8) is 0 Å². The summed E-state index contributed by atoms with van der Waals surface area (Å²) in [6.45, 7) is 4.82. The van der Waals surface area contributed by atoms with Crippen molar-refractivity contribution in [2.24, 2.45) is 0 Å². The molecule has 3 N–H and O–H groups in total. The fourth-order valence-electron chi connectivity index (χ4n) is 11.5. The van der Waals surface area contributed by atoms with Crippen LogP contribution in [0.3, 0.4) is 0 Å². The van der Waals surface area contributed by atoms with E-state index in [1.54, 1.807) is 0 Å². The Balaban J connectivity index is 3.99. The molecule has 0 aromatic carbocycles. The van der Waals surface area contributed by atoms with Gasteiger partial charge in [0.2, 0.25) is 5.91 Å². The van der Waals surface area contributed by atoms with E-state index in [2.05, 4.69) is 104 Å². The lowest BCUT2D eigenvalue weighted by molar-refractivity contribution is -0.870. The van der Waals surface area contributed by atoms with Gasteiger partial charge in [0.15, 0.2) is 0 Å². The quantitative estimate of drug-likeness (QED) is 0.0243. The molecule has 8 nitrogen and oxygen atoms in total. The van der Waals surface area contributed by atoms with E-state index in [4.69, 9.17) is 9.05 Å². The largest absolute Gasteiger partial charge is 0.472 e. The fraction of sp³-hybridized carbons (Fsp3) is 0.812. The smallest absolute Gasteiger partial charge is 0.391 e. The third kappa shape index (κ3) is 73.0. The summed E-state index contributed by atoms with van der Waals surface area (Å²) in [5.74, 6) is -0.141. The van der Waals surface area contributed by atoms with Gasteiger partial charge in [0, 0.05) is 6.42 Å². The highest BCUT2D eigenvalue weighted by molar-refractivity contribution is 7.47. The van der Waals surface area contributed by atoms with E-state index >= 15 is 0 Å². The molecule has 0 bridgehead atoms. The lowest BCUT2D eigenvalue weighted by atomic mass is 10.0. The molecule has 0 saturated carbocycles. The molecule has 9 heteroatoms. The second-order valence-electron chi connectivity index (χ2n) is 27.4. The van der Waals surface area contributed by atoms with Gasteiger partial charge in [0.05, 0.1) is 39.9 Å². The van der Waals surface area contributed by atoms with E-state index in [0.717, 1.165) is 83.5 Å². The average molecular weight is 1270 g/mol. The van der Waals surface area contributed by atoms with Crippen molar-refractivity contribution >= 4 is 13.7 Å². The summed E-state index contributed by atoms with van der Waals surface area (Å²) in [7, 11) is 1.62. The number of rotatable bonds is 71. The van der Waals surface area contributed by atoms with Crippen LogP contribution in [0.4, 0.5) is 0 Å². The fourth-order valence-corrected chi connectivity index (χ4v) is 12.2. The lowest BCUT2D eigenvalue weighted by Gasteiger charge is -2.26. The lowest BCUT2D eigenvalue weighted by Crippen LogP contribution is -2.46. The zero-order chi connectivity index (χ0) is 64.8. The number of nitrogens with zero attached hydrogens (tertiary/aromatic N) is 1. The Bertz CT molecular complexity index is 1730. The molecule has 89 heavy (non-hydrogen) atoms. The van der Waals surface area contributed by atoms with Crippen LogP contribution in [0.5, 0.6) is 0 Å². The molecular formula is C80H150N2O6P+. The molecule has 0 rings (SSSR count). The molecule has 0 aliphatic carbocycles. The number of amides is 1. The van der Waals surface area contributed by atoms with Gasteiger partial charge in [0.1, 0.15) is 13.2 Å². The van der Waals surface area contributed by atoms with Crippen molar-refractivity contribution in [2.75, 3.05) is 40.9 Å². The summed E-state index contributed by atoms with van der Waals surface area (Å²) >= 11 is 0. The molecule has 0 aliphatic rings. The third-order valence-electron chi connectivity index (χ3n) is 17.4. The number of quaternary nitrogens is 1. The van der Waals surface area contributed by atoms with E-state index < -0.39 is 20.0 Å². The number of unbranched alkanes of at least 4 members (excludes halogenated alkanes) is 44. The number of hydrogen-bond donors (Lipinski definition) is 3. The first-order valence-corrected chi connectivity index (χ1v) is 39.9. The van der Waals surface area contributed by atoms with Crippen LogP contribution in [-0.4, -0.2) is 73.4 Å². The van der Waals surface area contributed by atoms with Crippen LogP contribution < -0.4 is 5.32 Å². The van der Waals surface area contributed by atoms with Gasteiger partial charge in [-0.25, -0.2) is 4.57 Å². The third-order valence-corrected chi connectivity index (χ3v) is 18.4. The SMILES string of the molecule is CC/C=C\C/C=C\C/C=C\C/C=C\C/C=C\C/C=C\C/C=C\CCCCCCCCCCCCCCCCCC(=O)NC(COP(=O)(O)OCC[N+](C)(C)C)C(O)CCCCCCCCCCCCCCCCCCCCCCCCCCCCCCCC. The van der Waals surface area contributed by atoms with Gasteiger partial charge in [-0.15, -0.1) is 0 Å². The minimum Gasteiger partial charge on any atom is -0.391 e. The number of aliphatic hydroxyl groups is 1. The minimum atomic E-state index is -4.34. The molecule has 0 aromatic heterocycles. The van der Waals surface area contributed by atoms with Gasteiger partial charge in [-0.1, -0.05) is 375 Å². The van der Waals surface area contributed by atoms with Crippen LogP contribution in [0.15, 0.2) is 85.1 Å². The van der Waals surface area contributed by atoms with Crippen LogP contribution in [0.25, 0.3) is 0 Å². The van der Waals surface area contributed by atoms with Gasteiger partial charge in [-0.3, -0.25) is 13.8 Å². The number of carbonyl (C=O) groups is 1. The van der Waals surface area contributed by atoms with E-state index in [1.807, 2.05) is 21.1 Å². The Kier molecular flexibility index (Phi) is 68.2. The maximum atomic E-state index is 13.1. The van der Waals surface area contributed by atoms with Gasteiger partial charge in [-0.2, -0.15) is 0 Å².